The summed E-state index contributed by atoms with van der Waals surface area (Å²) in [7, 11) is 5.92. The lowest BCUT2D eigenvalue weighted by Gasteiger charge is -2.26. The van der Waals surface area contributed by atoms with Crippen LogP contribution in [0.3, 0.4) is 0 Å². The molecule has 0 bridgehead atoms. The molecule has 0 aliphatic rings. The average molecular weight is 1320 g/mol. The number of likely N-dealkylation sites (N-methyl/N-ethyl adjacent to an activating group) is 1. The van der Waals surface area contributed by atoms with Gasteiger partial charge in [-0.15, -0.1) is 0 Å². The number of carboxylic acids is 1. The first-order chi connectivity index (χ1) is 46.6. The van der Waals surface area contributed by atoms with Gasteiger partial charge in [0.05, 0.1) is 40.3 Å². The van der Waals surface area contributed by atoms with Crippen molar-refractivity contribution in [2.75, 3.05) is 47.5 Å². The van der Waals surface area contributed by atoms with E-state index in [1.807, 2.05) is 21.1 Å². The van der Waals surface area contributed by atoms with Gasteiger partial charge in [-0.25, -0.2) is 0 Å². The fraction of sp³-hybridized carbons (Fsp3) is 0.640. The molecular weight excluding hydrogens is 1170 g/mol. The molecule has 95 heavy (non-hydrogen) atoms. The number of hydrogen-bond donors (Lipinski definition) is 0. The Kier molecular flexibility index (Phi) is 70.2. The van der Waals surface area contributed by atoms with Gasteiger partial charge < -0.3 is 33.3 Å². The molecule has 538 valence electrons. The standard InChI is InChI=1S/C86H141NO8/c1-6-8-10-12-14-16-18-20-22-24-26-28-30-32-34-36-38-40-42-44-46-48-50-52-54-56-58-60-62-64-66-68-70-72-74-76-83(88)93-80-82(81-94-86(85(90)91)92-79-78-87(3,4)5)95-84(89)77-75-73-71-69-67-65-63-61-59-57-55-53-51-49-47-45-43-41-39-37-35-33-31-29-27-25-23-21-19-17-15-13-11-9-7-2/h8-11,14-17,20-23,26-29,33,35,39,41,45,47,51,53,57,59,63,65,82,86H,6-7,12-13,18-19,24-25,30-32,34,36-38,40,42-44,46,48-50,52,54-56,58,60-62,64,66-81H2,1-5H3/b10-8-,11-9-,16-14-,17-15-,22-20-,23-21-,28-26-,29-27-,35-33-,41-39-,47-45-,53-51-,59-57-,65-63-. The minimum atomic E-state index is -1.64. The fourth-order valence-electron chi connectivity index (χ4n) is 10.2. The average Bonchev–Trinajstić information content (AvgIpc) is 3.58. The van der Waals surface area contributed by atoms with Gasteiger partial charge in [0, 0.05) is 12.8 Å². The van der Waals surface area contributed by atoms with Gasteiger partial charge in [-0.1, -0.05) is 325 Å². The van der Waals surface area contributed by atoms with Crippen molar-refractivity contribution >= 4 is 17.9 Å². The van der Waals surface area contributed by atoms with Gasteiger partial charge >= 0.3 is 11.9 Å². The molecule has 0 fully saturated rings. The van der Waals surface area contributed by atoms with Crippen molar-refractivity contribution in [3.05, 3.63) is 170 Å². The molecule has 0 saturated carbocycles. The van der Waals surface area contributed by atoms with E-state index in [0.717, 1.165) is 135 Å². The predicted octanol–water partition coefficient (Wildman–Crippen LogP) is 23.2. The van der Waals surface area contributed by atoms with Crippen molar-refractivity contribution < 1.29 is 42.9 Å². The maximum Gasteiger partial charge on any atom is 0.306 e. The van der Waals surface area contributed by atoms with Gasteiger partial charge in [0.1, 0.15) is 13.2 Å². The van der Waals surface area contributed by atoms with Crippen LogP contribution in [0.1, 0.15) is 296 Å². The van der Waals surface area contributed by atoms with Crippen LogP contribution in [0.25, 0.3) is 0 Å². The fourth-order valence-corrected chi connectivity index (χ4v) is 10.2. The number of esters is 2. The van der Waals surface area contributed by atoms with Crippen molar-refractivity contribution in [1.82, 2.24) is 0 Å². The first-order valence-electron chi connectivity index (χ1n) is 38.3. The Bertz CT molecular complexity index is 2170. The highest BCUT2D eigenvalue weighted by Crippen LogP contribution is 2.17. The van der Waals surface area contributed by atoms with Crippen LogP contribution in [0.4, 0.5) is 0 Å². The van der Waals surface area contributed by atoms with Crippen LogP contribution >= 0.6 is 0 Å². The number of hydrogen-bond acceptors (Lipinski definition) is 8. The molecule has 0 aliphatic heterocycles. The van der Waals surface area contributed by atoms with Gasteiger partial charge in [0.2, 0.25) is 0 Å². The van der Waals surface area contributed by atoms with E-state index in [9.17, 15) is 19.5 Å². The maximum atomic E-state index is 13.0. The van der Waals surface area contributed by atoms with Crippen LogP contribution in [0.2, 0.25) is 0 Å². The summed E-state index contributed by atoms with van der Waals surface area (Å²) in [6, 6.07) is 0. The minimum absolute atomic E-state index is 0.135. The molecule has 0 amide bonds. The summed E-state index contributed by atoms with van der Waals surface area (Å²) in [5, 5.41) is 11.9. The summed E-state index contributed by atoms with van der Waals surface area (Å²) in [6.45, 7) is 4.50. The largest absolute Gasteiger partial charge is 0.545 e. The van der Waals surface area contributed by atoms with E-state index >= 15 is 0 Å². The first-order valence-corrected chi connectivity index (χ1v) is 38.3. The number of ether oxygens (including phenoxy) is 4. The van der Waals surface area contributed by atoms with Crippen LogP contribution in [-0.4, -0.2) is 82.3 Å². The highest BCUT2D eigenvalue weighted by atomic mass is 16.7. The van der Waals surface area contributed by atoms with Gasteiger partial charge in [-0.2, -0.15) is 0 Å². The number of carbonyl (C=O) groups excluding carboxylic acids is 3. The molecule has 0 spiro atoms. The molecule has 0 aromatic carbocycles. The third-order valence-electron chi connectivity index (χ3n) is 16.0. The number of carboxylic acid groups (broad SMARTS) is 1. The molecule has 0 aromatic rings. The van der Waals surface area contributed by atoms with Crippen molar-refractivity contribution in [2.45, 2.75) is 309 Å². The lowest BCUT2D eigenvalue weighted by atomic mass is 10.0. The Hall–Kier alpha value is -5.35. The number of aliphatic carboxylic acids is 1. The number of nitrogens with zero attached hydrogens (tertiary/aromatic N) is 1. The van der Waals surface area contributed by atoms with Gasteiger partial charge in [-0.05, 0) is 128 Å². The molecule has 9 nitrogen and oxygen atoms in total. The van der Waals surface area contributed by atoms with E-state index in [1.54, 1.807) is 0 Å². The second-order valence-electron chi connectivity index (χ2n) is 26.2. The SMILES string of the molecule is CC/C=C\C/C=C\C/C=C\C/C=C\C/C=C\C/C=C\C/C=C\C/C=C\C/C=C\C/C=C\CCCCCCC(=O)OC(COC(=O)CCCCCCCCCCCCCCCCCCCCCCCC/C=C\C/C=C\C/C=C\C/C=C\CC)COC(OCC[N+](C)(C)C)C(=O)[O-]. The topological polar surface area (TPSA) is 111 Å². The molecular formula is C86H141NO8. The molecule has 9 heteroatoms. The van der Waals surface area contributed by atoms with Crippen LogP contribution in [0.15, 0.2) is 170 Å². The number of rotatable bonds is 69. The van der Waals surface area contributed by atoms with Crippen LogP contribution < -0.4 is 5.11 Å². The van der Waals surface area contributed by atoms with Gasteiger partial charge in [-0.3, -0.25) is 9.59 Å². The smallest absolute Gasteiger partial charge is 0.306 e. The second kappa shape index (κ2) is 74.4. The molecule has 2 atom stereocenters. The summed E-state index contributed by atoms with van der Waals surface area (Å²) >= 11 is 0. The zero-order chi connectivity index (χ0) is 69.0. The summed E-state index contributed by atoms with van der Waals surface area (Å²) in [4.78, 5) is 37.6. The van der Waals surface area contributed by atoms with Gasteiger partial charge in [0.25, 0.3) is 0 Å². The number of unbranched alkanes of at least 4 members (excludes halogenated alkanes) is 26. The third-order valence-corrected chi connectivity index (χ3v) is 16.0. The Morgan fingerprint density at radius 1 is 0.316 bits per heavy atom. The normalized spacial score (nSPS) is 13.7. The molecule has 2 unspecified atom stereocenters. The van der Waals surface area contributed by atoms with E-state index in [-0.39, 0.29) is 38.6 Å². The van der Waals surface area contributed by atoms with E-state index in [1.165, 1.54) is 128 Å². The second-order valence-corrected chi connectivity index (χ2v) is 26.2. The molecule has 0 aliphatic carbocycles. The van der Waals surface area contributed by atoms with E-state index < -0.39 is 24.3 Å². The van der Waals surface area contributed by atoms with Crippen molar-refractivity contribution in [3.63, 3.8) is 0 Å². The Balaban J connectivity index is 4.15. The number of quaternary nitrogens is 1. The quantitative estimate of drug-likeness (QED) is 0.0195. The Labute approximate surface area is 584 Å². The number of allylic oxidation sites excluding steroid dienone is 28. The summed E-state index contributed by atoms with van der Waals surface area (Å²) < 4.78 is 22.8. The monoisotopic (exact) mass is 1320 g/mol. The molecule has 0 N–H and O–H groups in total. The van der Waals surface area contributed by atoms with Crippen molar-refractivity contribution in [1.29, 1.82) is 0 Å². The van der Waals surface area contributed by atoms with Crippen molar-refractivity contribution in [3.8, 4) is 0 Å². The molecule has 0 radical (unpaired) electrons. The molecule has 0 saturated heterocycles. The minimum Gasteiger partial charge on any atom is -0.545 e. The van der Waals surface area contributed by atoms with Crippen LogP contribution in [-0.2, 0) is 33.3 Å². The van der Waals surface area contributed by atoms with E-state index in [4.69, 9.17) is 18.9 Å². The van der Waals surface area contributed by atoms with Crippen LogP contribution in [0.5, 0.6) is 0 Å². The Morgan fingerprint density at radius 2 is 0.568 bits per heavy atom. The maximum absolute atomic E-state index is 13.0. The van der Waals surface area contributed by atoms with Crippen LogP contribution in [0, 0.1) is 0 Å². The first kappa shape index (κ1) is 89.6. The predicted molar refractivity (Wildman–Crippen MR) is 407 cm³/mol. The molecule has 0 rings (SSSR count). The highest BCUT2D eigenvalue weighted by molar-refractivity contribution is 5.70. The lowest BCUT2D eigenvalue weighted by Crippen LogP contribution is -2.44. The van der Waals surface area contributed by atoms with E-state index in [0.29, 0.717) is 17.4 Å². The number of carbonyl (C=O) groups is 3. The third kappa shape index (κ3) is 75.9. The molecule has 0 aromatic heterocycles. The van der Waals surface area contributed by atoms with E-state index in [2.05, 4.69) is 184 Å². The van der Waals surface area contributed by atoms with Crippen molar-refractivity contribution in [2.24, 2.45) is 0 Å². The lowest BCUT2D eigenvalue weighted by molar-refractivity contribution is -0.870. The van der Waals surface area contributed by atoms with Gasteiger partial charge in [0.15, 0.2) is 12.4 Å². The summed E-state index contributed by atoms with van der Waals surface area (Å²) in [6.07, 6.45) is 109. The Morgan fingerprint density at radius 3 is 0.842 bits per heavy atom. The zero-order valence-electron chi connectivity index (χ0n) is 61.5. The molecule has 0 heterocycles. The summed E-state index contributed by atoms with van der Waals surface area (Å²) in [5.74, 6) is -2.32. The highest BCUT2D eigenvalue weighted by Gasteiger charge is 2.22. The zero-order valence-corrected chi connectivity index (χ0v) is 61.5. The summed E-state index contributed by atoms with van der Waals surface area (Å²) in [5.41, 5.74) is 0.